The molecule has 1 aliphatic heterocycles. The molecular formula is C24H26N2O4S. The van der Waals surface area contributed by atoms with Crippen LogP contribution in [0.15, 0.2) is 71.6 Å². The number of nitrogens with one attached hydrogen (secondary N) is 1. The number of fused-ring (bicyclic) bond motifs is 1. The van der Waals surface area contributed by atoms with Gasteiger partial charge >= 0.3 is 0 Å². The molecule has 0 aromatic heterocycles. The predicted octanol–water partition coefficient (Wildman–Crippen LogP) is 4.42. The Morgan fingerprint density at radius 1 is 1.00 bits per heavy atom. The minimum absolute atomic E-state index is 0.242. The Bertz CT molecular complexity index is 1170. The lowest BCUT2D eigenvalue weighted by molar-refractivity contribution is -0.122. The van der Waals surface area contributed by atoms with Gasteiger partial charge in [0.05, 0.1) is 4.90 Å². The summed E-state index contributed by atoms with van der Waals surface area (Å²) < 4.78 is 32.7. The highest BCUT2D eigenvalue weighted by Crippen LogP contribution is 2.24. The largest absolute Gasteiger partial charge is 0.481 e. The second-order valence-electron chi connectivity index (χ2n) is 7.65. The molecule has 3 aromatic carbocycles. The van der Waals surface area contributed by atoms with Gasteiger partial charge < -0.3 is 10.1 Å². The average Bonchev–Trinajstić information content (AvgIpc) is 3.33. The SMILES string of the molecule is CC[C@H](Oc1ccc2ccccc2c1)C(=O)Nc1ccc(S(=O)(=O)N2CCCC2)cc1. The maximum absolute atomic E-state index is 12.7. The molecule has 0 saturated carbocycles. The van der Waals surface area contributed by atoms with Crippen molar-refractivity contribution >= 4 is 32.4 Å². The van der Waals surface area contributed by atoms with E-state index >= 15 is 0 Å². The van der Waals surface area contributed by atoms with Crippen molar-refractivity contribution in [3.63, 3.8) is 0 Å². The van der Waals surface area contributed by atoms with Crippen LogP contribution < -0.4 is 10.1 Å². The molecule has 4 rings (SSSR count). The average molecular weight is 439 g/mol. The number of anilines is 1. The van der Waals surface area contributed by atoms with Gasteiger partial charge in [-0.05, 0) is 66.4 Å². The molecule has 6 nitrogen and oxygen atoms in total. The van der Waals surface area contributed by atoms with Crippen molar-refractivity contribution in [1.82, 2.24) is 4.31 Å². The van der Waals surface area contributed by atoms with Crippen LogP contribution in [0.1, 0.15) is 26.2 Å². The molecule has 3 aromatic rings. The van der Waals surface area contributed by atoms with Crippen molar-refractivity contribution < 1.29 is 17.9 Å². The molecule has 1 saturated heterocycles. The molecule has 1 amide bonds. The first kappa shape index (κ1) is 21.3. The summed E-state index contributed by atoms with van der Waals surface area (Å²) in [5, 5.41) is 4.98. The summed E-state index contributed by atoms with van der Waals surface area (Å²) >= 11 is 0. The van der Waals surface area contributed by atoms with Gasteiger partial charge in [-0.2, -0.15) is 4.31 Å². The van der Waals surface area contributed by atoms with E-state index in [0.29, 0.717) is 30.9 Å². The van der Waals surface area contributed by atoms with E-state index < -0.39 is 16.1 Å². The standard InChI is InChI=1S/C24H26N2O4S/c1-2-23(30-21-12-9-18-7-3-4-8-19(18)17-21)24(27)25-20-10-13-22(14-11-20)31(28,29)26-15-5-6-16-26/h3-4,7-14,17,23H,2,5-6,15-16H2,1H3,(H,25,27)/t23-/m0/s1. The van der Waals surface area contributed by atoms with Gasteiger partial charge in [0.25, 0.3) is 5.91 Å². The van der Waals surface area contributed by atoms with E-state index in [2.05, 4.69) is 5.32 Å². The number of benzene rings is 3. The second-order valence-corrected chi connectivity index (χ2v) is 9.59. The van der Waals surface area contributed by atoms with Gasteiger partial charge in [-0.3, -0.25) is 4.79 Å². The third-order valence-corrected chi connectivity index (χ3v) is 7.40. The zero-order valence-corrected chi connectivity index (χ0v) is 18.3. The number of ether oxygens (including phenoxy) is 1. The number of hydrogen-bond acceptors (Lipinski definition) is 4. The topological polar surface area (TPSA) is 75.7 Å². The summed E-state index contributed by atoms with van der Waals surface area (Å²) in [4.78, 5) is 13.0. The molecule has 0 spiro atoms. The molecular weight excluding hydrogens is 412 g/mol. The minimum atomic E-state index is -3.47. The first-order valence-corrected chi connectivity index (χ1v) is 12.0. The lowest BCUT2D eigenvalue weighted by Crippen LogP contribution is -2.32. The lowest BCUT2D eigenvalue weighted by atomic mass is 10.1. The predicted molar refractivity (Wildman–Crippen MR) is 122 cm³/mol. The molecule has 0 radical (unpaired) electrons. The van der Waals surface area contributed by atoms with Gasteiger partial charge in [-0.15, -0.1) is 0 Å². The Kier molecular flexibility index (Phi) is 6.25. The number of carbonyl (C=O) groups is 1. The number of nitrogens with zero attached hydrogens (tertiary/aromatic N) is 1. The van der Waals surface area contributed by atoms with E-state index in [1.807, 2.05) is 49.4 Å². The molecule has 1 fully saturated rings. The number of sulfonamides is 1. The molecule has 162 valence electrons. The summed E-state index contributed by atoms with van der Waals surface area (Å²) in [6, 6.07) is 20.0. The summed E-state index contributed by atoms with van der Waals surface area (Å²) in [6.45, 7) is 3.01. The first-order chi connectivity index (χ1) is 15.0. The summed E-state index contributed by atoms with van der Waals surface area (Å²) in [5.41, 5.74) is 0.533. The highest BCUT2D eigenvalue weighted by atomic mass is 32.2. The zero-order chi connectivity index (χ0) is 21.8. The maximum atomic E-state index is 12.7. The second kappa shape index (κ2) is 9.08. The fraction of sp³-hybridized carbons (Fsp3) is 0.292. The van der Waals surface area contributed by atoms with E-state index in [1.165, 1.54) is 16.4 Å². The van der Waals surface area contributed by atoms with Crippen molar-refractivity contribution in [3.8, 4) is 5.75 Å². The van der Waals surface area contributed by atoms with E-state index in [9.17, 15) is 13.2 Å². The Balaban J connectivity index is 1.43. The first-order valence-electron chi connectivity index (χ1n) is 10.5. The van der Waals surface area contributed by atoms with Gasteiger partial charge in [-0.25, -0.2) is 8.42 Å². The Hall–Kier alpha value is -2.90. The molecule has 1 atom stereocenters. The molecule has 0 aliphatic carbocycles. The van der Waals surface area contributed by atoms with E-state index in [1.54, 1.807) is 12.1 Å². The van der Waals surface area contributed by atoms with Crippen LogP contribution in [0.25, 0.3) is 10.8 Å². The van der Waals surface area contributed by atoms with Crippen molar-refractivity contribution in [2.75, 3.05) is 18.4 Å². The van der Waals surface area contributed by atoms with Crippen LogP contribution in [-0.4, -0.2) is 37.8 Å². The van der Waals surface area contributed by atoms with Crippen LogP contribution in [0.4, 0.5) is 5.69 Å². The van der Waals surface area contributed by atoms with Gasteiger partial charge in [0, 0.05) is 18.8 Å². The van der Waals surface area contributed by atoms with Crippen LogP contribution in [0, 0.1) is 0 Å². The Labute approximate surface area is 182 Å². The number of carbonyl (C=O) groups excluding carboxylic acids is 1. The normalized spacial score (nSPS) is 15.6. The molecule has 0 unspecified atom stereocenters. The van der Waals surface area contributed by atoms with E-state index in [-0.39, 0.29) is 10.8 Å². The van der Waals surface area contributed by atoms with Crippen molar-refractivity contribution in [3.05, 3.63) is 66.7 Å². The molecule has 1 aliphatic rings. The monoisotopic (exact) mass is 438 g/mol. The van der Waals surface area contributed by atoms with Crippen molar-refractivity contribution in [2.24, 2.45) is 0 Å². The maximum Gasteiger partial charge on any atom is 0.265 e. The van der Waals surface area contributed by atoms with Crippen LogP contribution in [0.3, 0.4) is 0 Å². The van der Waals surface area contributed by atoms with Crippen LogP contribution >= 0.6 is 0 Å². The Morgan fingerprint density at radius 2 is 1.68 bits per heavy atom. The van der Waals surface area contributed by atoms with Crippen LogP contribution in [0.5, 0.6) is 5.75 Å². The minimum Gasteiger partial charge on any atom is -0.481 e. The lowest BCUT2D eigenvalue weighted by Gasteiger charge is -2.18. The van der Waals surface area contributed by atoms with Gasteiger partial charge in [0.15, 0.2) is 6.10 Å². The number of amides is 1. The summed E-state index contributed by atoms with van der Waals surface area (Å²) in [7, 11) is -3.47. The molecule has 1 heterocycles. The zero-order valence-electron chi connectivity index (χ0n) is 17.5. The van der Waals surface area contributed by atoms with Gasteiger partial charge in [-0.1, -0.05) is 37.3 Å². The highest BCUT2D eigenvalue weighted by molar-refractivity contribution is 7.89. The van der Waals surface area contributed by atoms with Crippen LogP contribution in [0.2, 0.25) is 0 Å². The van der Waals surface area contributed by atoms with E-state index in [0.717, 1.165) is 23.6 Å². The molecule has 31 heavy (non-hydrogen) atoms. The van der Waals surface area contributed by atoms with Gasteiger partial charge in [0.2, 0.25) is 10.0 Å². The quantitative estimate of drug-likeness (QED) is 0.592. The van der Waals surface area contributed by atoms with Crippen molar-refractivity contribution in [2.45, 2.75) is 37.2 Å². The molecule has 7 heteroatoms. The fourth-order valence-electron chi connectivity index (χ4n) is 3.74. The van der Waals surface area contributed by atoms with E-state index in [4.69, 9.17) is 4.74 Å². The third-order valence-electron chi connectivity index (χ3n) is 5.49. The summed E-state index contributed by atoms with van der Waals surface area (Å²) in [5.74, 6) is 0.360. The molecule has 0 bridgehead atoms. The smallest absolute Gasteiger partial charge is 0.265 e. The number of rotatable bonds is 7. The fourth-order valence-corrected chi connectivity index (χ4v) is 5.25. The Morgan fingerprint density at radius 3 is 2.35 bits per heavy atom. The summed E-state index contributed by atoms with van der Waals surface area (Å²) in [6.07, 6.45) is 1.63. The van der Waals surface area contributed by atoms with Crippen LogP contribution in [-0.2, 0) is 14.8 Å². The third kappa shape index (κ3) is 4.73. The molecule has 1 N–H and O–H groups in total. The van der Waals surface area contributed by atoms with Crippen molar-refractivity contribution in [1.29, 1.82) is 0 Å². The number of hydrogen-bond donors (Lipinski definition) is 1. The highest BCUT2D eigenvalue weighted by Gasteiger charge is 2.27. The van der Waals surface area contributed by atoms with Gasteiger partial charge in [0.1, 0.15) is 5.75 Å².